The molecule has 0 aliphatic heterocycles. The average Bonchev–Trinajstić information content (AvgIpc) is 2.78. The van der Waals surface area contributed by atoms with Crippen molar-refractivity contribution in [2.45, 2.75) is 13.3 Å². The van der Waals surface area contributed by atoms with Gasteiger partial charge in [0.1, 0.15) is 11.5 Å². The molecule has 0 fully saturated rings. The molecule has 1 atom stereocenters. The molecule has 0 aliphatic rings. The molecule has 0 aliphatic carbocycles. The number of halogens is 1. The summed E-state index contributed by atoms with van der Waals surface area (Å²) in [5, 5.41) is 11.9. The lowest BCUT2D eigenvalue weighted by Gasteiger charge is -2.09. The fourth-order valence-corrected chi connectivity index (χ4v) is 1.96. The van der Waals surface area contributed by atoms with Gasteiger partial charge in [0.15, 0.2) is 0 Å². The molecule has 0 saturated heterocycles. The predicted octanol–water partition coefficient (Wildman–Crippen LogP) is 2.15. The van der Waals surface area contributed by atoms with Crippen LogP contribution in [-0.2, 0) is 4.79 Å². The minimum Gasteiger partial charge on any atom is -0.481 e. The second-order valence-electron chi connectivity index (χ2n) is 4.83. The fraction of sp³-hybridized carbons (Fsp3) is 0.286. The van der Waals surface area contributed by atoms with E-state index in [4.69, 9.17) is 5.11 Å². The van der Waals surface area contributed by atoms with Crippen LogP contribution >= 0.6 is 0 Å². The molecule has 1 amide bonds. The summed E-state index contributed by atoms with van der Waals surface area (Å²) in [6.45, 7) is 2.02. The molecule has 20 heavy (non-hydrogen) atoms. The molecule has 1 aromatic carbocycles. The number of hydrogen-bond donors (Lipinski definition) is 3. The molecule has 1 unspecified atom stereocenters. The maximum atomic E-state index is 13.1. The normalized spacial score (nSPS) is 12.3. The lowest BCUT2D eigenvalue weighted by molar-refractivity contribution is -0.137. The maximum Gasteiger partial charge on any atom is 0.303 e. The first-order valence-electron chi connectivity index (χ1n) is 6.24. The number of aliphatic carboxylic acids is 1. The average molecular weight is 278 g/mol. The number of carboxylic acid groups (broad SMARTS) is 1. The van der Waals surface area contributed by atoms with Crippen LogP contribution in [0.3, 0.4) is 0 Å². The van der Waals surface area contributed by atoms with Crippen LogP contribution in [0.5, 0.6) is 0 Å². The highest BCUT2D eigenvalue weighted by atomic mass is 19.1. The molecule has 0 spiro atoms. The number of carbonyl (C=O) groups excluding carboxylic acids is 1. The largest absolute Gasteiger partial charge is 0.481 e. The number of aromatic amines is 1. The van der Waals surface area contributed by atoms with Crippen LogP contribution < -0.4 is 5.32 Å². The number of H-pyrrole nitrogens is 1. The van der Waals surface area contributed by atoms with Gasteiger partial charge < -0.3 is 15.4 Å². The summed E-state index contributed by atoms with van der Waals surface area (Å²) >= 11 is 0. The van der Waals surface area contributed by atoms with E-state index in [1.165, 1.54) is 12.1 Å². The molecule has 106 valence electrons. The highest BCUT2D eigenvalue weighted by molar-refractivity contribution is 5.98. The van der Waals surface area contributed by atoms with Gasteiger partial charge >= 0.3 is 5.97 Å². The Balaban J connectivity index is 2.02. The van der Waals surface area contributed by atoms with Crippen LogP contribution in [0.2, 0.25) is 0 Å². The summed E-state index contributed by atoms with van der Waals surface area (Å²) in [6, 6.07) is 5.79. The van der Waals surface area contributed by atoms with Crippen LogP contribution in [-0.4, -0.2) is 28.5 Å². The summed E-state index contributed by atoms with van der Waals surface area (Å²) in [6.07, 6.45) is -0.00179. The van der Waals surface area contributed by atoms with Crippen molar-refractivity contribution in [1.82, 2.24) is 10.3 Å². The smallest absolute Gasteiger partial charge is 0.303 e. The van der Waals surface area contributed by atoms with Gasteiger partial charge in [-0.1, -0.05) is 6.92 Å². The topological polar surface area (TPSA) is 82.2 Å². The van der Waals surface area contributed by atoms with Crippen molar-refractivity contribution in [1.29, 1.82) is 0 Å². The molecule has 1 heterocycles. The van der Waals surface area contributed by atoms with E-state index in [0.717, 1.165) is 0 Å². The van der Waals surface area contributed by atoms with Crippen molar-refractivity contribution in [2.24, 2.45) is 5.92 Å². The fourth-order valence-electron chi connectivity index (χ4n) is 1.96. The van der Waals surface area contributed by atoms with Crippen LogP contribution in [0.15, 0.2) is 24.3 Å². The van der Waals surface area contributed by atoms with Crippen molar-refractivity contribution < 1.29 is 19.1 Å². The van der Waals surface area contributed by atoms with Gasteiger partial charge in [0, 0.05) is 23.9 Å². The quantitative estimate of drug-likeness (QED) is 0.783. The van der Waals surface area contributed by atoms with Crippen molar-refractivity contribution in [3.05, 3.63) is 35.8 Å². The van der Waals surface area contributed by atoms with Gasteiger partial charge in [-0.2, -0.15) is 0 Å². The highest BCUT2D eigenvalue weighted by Gasteiger charge is 2.12. The lowest BCUT2D eigenvalue weighted by atomic mass is 10.1. The first kappa shape index (κ1) is 14.0. The SMILES string of the molecule is CC(CNC(=O)c1cc2cc(F)ccc2[nH]1)CC(=O)O. The summed E-state index contributed by atoms with van der Waals surface area (Å²) in [4.78, 5) is 25.3. The van der Waals surface area contributed by atoms with Gasteiger partial charge in [0.05, 0.1) is 0 Å². The number of benzene rings is 1. The monoisotopic (exact) mass is 278 g/mol. The summed E-state index contributed by atoms with van der Waals surface area (Å²) in [7, 11) is 0. The molecule has 0 saturated carbocycles. The van der Waals surface area contributed by atoms with Crippen molar-refractivity contribution >= 4 is 22.8 Å². The van der Waals surface area contributed by atoms with Crippen LogP contribution in [0.25, 0.3) is 10.9 Å². The number of carbonyl (C=O) groups is 2. The third-order valence-corrected chi connectivity index (χ3v) is 2.96. The Kier molecular flexibility index (Phi) is 4.02. The van der Waals surface area contributed by atoms with Crippen LogP contribution in [0.1, 0.15) is 23.8 Å². The van der Waals surface area contributed by atoms with E-state index in [1.54, 1.807) is 19.1 Å². The molecular weight excluding hydrogens is 263 g/mol. The second-order valence-corrected chi connectivity index (χ2v) is 4.83. The van der Waals surface area contributed by atoms with E-state index in [2.05, 4.69) is 10.3 Å². The van der Waals surface area contributed by atoms with Crippen molar-refractivity contribution in [3.63, 3.8) is 0 Å². The van der Waals surface area contributed by atoms with Gasteiger partial charge in [-0.15, -0.1) is 0 Å². The number of fused-ring (bicyclic) bond motifs is 1. The van der Waals surface area contributed by atoms with E-state index in [0.29, 0.717) is 16.6 Å². The number of carboxylic acids is 1. The number of amides is 1. The number of hydrogen-bond acceptors (Lipinski definition) is 2. The third-order valence-electron chi connectivity index (χ3n) is 2.96. The second kappa shape index (κ2) is 5.73. The molecule has 6 heteroatoms. The highest BCUT2D eigenvalue weighted by Crippen LogP contribution is 2.16. The Morgan fingerprint density at radius 3 is 2.85 bits per heavy atom. The molecular formula is C14H15FN2O3. The molecule has 2 rings (SSSR count). The van der Waals surface area contributed by atoms with Gasteiger partial charge in [0.25, 0.3) is 5.91 Å². The van der Waals surface area contributed by atoms with E-state index in [9.17, 15) is 14.0 Å². The van der Waals surface area contributed by atoms with Gasteiger partial charge in [-0.25, -0.2) is 4.39 Å². The number of aromatic nitrogens is 1. The van der Waals surface area contributed by atoms with Crippen LogP contribution in [0.4, 0.5) is 4.39 Å². The summed E-state index contributed by atoms with van der Waals surface area (Å²) in [5.74, 6) is -1.75. The standard InChI is InChI=1S/C14H15FN2O3/c1-8(4-13(18)19)7-16-14(20)12-6-9-5-10(15)2-3-11(9)17-12/h2-3,5-6,8,17H,4,7H2,1H3,(H,16,20)(H,18,19). The summed E-state index contributed by atoms with van der Waals surface area (Å²) in [5.41, 5.74) is 1.00. The van der Waals surface area contributed by atoms with Crippen LogP contribution in [0, 0.1) is 11.7 Å². The predicted molar refractivity (Wildman–Crippen MR) is 72.0 cm³/mol. The minimum absolute atomic E-state index is 0.00179. The van der Waals surface area contributed by atoms with E-state index >= 15 is 0 Å². The molecule has 1 aromatic heterocycles. The molecule has 5 nitrogen and oxygen atoms in total. The zero-order chi connectivity index (χ0) is 14.7. The Labute approximate surface area is 114 Å². The van der Waals surface area contributed by atoms with E-state index in [-0.39, 0.29) is 30.6 Å². The Hall–Kier alpha value is -2.37. The minimum atomic E-state index is -0.896. The lowest BCUT2D eigenvalue weighted by Crippen LogP contribution is -2.29. The zero-order valence-corrected chi connectivity index (χ0v) is 10.9. The van der Waals surface area contributed by atoms with Crippen molar-refractivity contribution in [2.75, 3.05) is 6.54 Å². The summed E-state index contributed by atoms with van der Waals surface area (Å²) < 4.78 is 13.1. The third kappa shape index (κ3) is 3.34. The van der Waals surface area contributed by atoms with Gasteiger partial charge in [0.2, 0.25) is 0 Å². The first-order chi connectivity index (χ1) is 9.45. The Morgan fingerprint density at radius 1 is 1.40 bits per heavy atom. The number of rotatable bonds is 5. The molecule has 2 aromatic rings. The molecule has 3 N–H and O–H groups in total. The molecule has 0 bridgehead atoms. The Morgan fingerprint density at radius 2 is 2.15 bits per heavy atom. The Bertz CT molecular complexity index is 651. The van der Waals surface area contributed by atoms with Gasteiger partial charge in [-0.05, 0) is 30.2 Å². The first-order valence-corrected chi connectivity index (χ1v) is 6.24. The number of nitrogens with one attached hydrogen (secondary N) is 2. The van der Waals surface area contributed by atoms with E-state index < -0.39 is 5.97 Å². The van der Waals surface area contributed by atoms with E-state index in [1.807, 2.05) is 0 Å². The molecule has 0 radical (unpaired) electrons. The zero-order valence-electron chi connectivity index (χ0n) is 10.9. The van der Waals surface area contributed by atoms with Gasteiger partial charge in [-0.3, -0.25) is 9.59 Å². The van der Waals surface area contributed by atoms with Crippen molar-refractivity contribution in [3.8, 4) is 0 Å². The maximum absolute atomic E-state index is 13.1.